The number of para-hydroxylation sites is 1. The van der Waals surface area contributed by atoms with Gasteiger partial charge in [-0.1, -0.05) is 48.2 Å². The standard InChI is InChI=1S/C21H22FN5OS/c1-15-6-2-3-7-16(15)20-23-21(25-24-20)29-14-19(28)27-12-10-26(11-13-27)18-9-5-4-8-17(18)22/h2-9H,10-14H2,1H3,(H,23,24,25). The smallest absolute Gasteiger partial charge is 0.233 e. The third kappa shape index (κ3) is 4.42. The SMILES string of the molecule is Cc1ccccc1-c1nc(SCC(=O)N2CCN(c3ccccc3F)CC2)n[nH]1. The molecule has 2 heterocycles. The average molecular weight is 412 g/mol. The van der Waals surface area contributed by atoms with Crippen molar-refractivity contribution in [2.75, 3.05) is 36.8 Å². The number of H-pyrrole nitrogens is 1. The Morgan fingerprint density at radius 1 is 1.10 bits per heavy atom. The van der Waals surface area contributed by atoms with E-state index in [0.29, 0.717) is 42.8 Å². The number of thioether (sulfide) groups is 1. The van der Waals surface area contributed by atoms with E-state index in [2.05, 4.69) is 15.2 Å². The van der Waals surface area contributed by atoms with Gasteiger partial charge < -0.3 is 9.80 Å². The maximum absolute atomic E-state index is 13.9. The predicted molar refractivity (Wildman–Crippen MR) is 112 cm³/mol. The lowest BCUT2D eigenvalue weighted by molar-refractivity contribution is -0.128. The third-order valence-corrected chi connectivity index (χ3v) is 5.85. The summed E-state index contributed by atoms with van der Waals surface area (Å²) in [5, 5.41) is 7.72. The van der Waals surface area contributed by atoms with Gasteiger partial charge in [0.25, 0.3) is 0 Å². The fourth-order valence-corrected chi connectivity index (χ4v) is 4.09. The van der Waals surface area contributed by atoms with Crippen molar-refractivity contribution in [1.29, 1.82) is 0 Å². The molecule has 1 amide bonds. The van der Waals surface area contributed by atoms with Crippen molar-refractivity contribution in [2.24, 2.45) is 0 Å². The van der Waals surface area contributed by atoms with Crippen LogP contribution in [0.2, 0.25) is 0 Å². The van der Waals surface area contributed by atoms with Gasteiger partial charge in [0.15, 0.2) is 5.82 Å². The molecule has 3 aromatic rings. The molecule has 1 fully saturated rings. The van der Waals surface area contributed by atoms with E-state index in [1.165, 1.54) is 17.8 Å². The number of benzene rings is 2. The number of piperazine rings is 1. The number of hydrogen-bond donors (Lipinski definition) is 1. The molecule has 2 aromatic carbocycles. The predicted octanol–water partition coefficient (Wildman–Crippen LogP) is 3.36. The summed E-state index contributed by atoms with van der Waals surface area (Å²) in [6.07, 6.45) is 0. The third-order valence-electron chi connectivity index (χ3n) is 5.02. The van der Waals surface area contributed by atoms with Gasteiger partial charge in [-0.15, -0.1) is 5.10 Å². The Morgan fingerprint density at radius 3 is 2.59 bits per heavy atom. The molecular weight excluding hydrogens is 389 g/mol. The Balaban J connectivity index is 1.30. The van der Waals surface area contributed by atoms with Crippen LogP contribution >= 0.6 is 11.8 Å². The van der Waals surface area contributed by atoms with Crippen LogP contribution in [0.4, 0.5) is 10.1 Å². The Morgan fingerprint density at radius 2 is 1.83 bits per heavy atom. The van der Waals surface area contributed by atoms with Gasteiger partial charge in [-0.2, -0.15) is 0 Å². The van der Waals surface area contributed by atoms with Crippen LogP contribution in [0.25, 0.3) is 11.4 Å². The van der Waals surface area contributed by atoms with Crippen LogP contribution in [0.5, 0.6) is 0 Å². The number of hydrogen-bond acceptors (Lipinski definition) is 5. The van der Waals surface area contributed by atoms with Crippen molar-refractivity contribution in [3.05, 3.63) is 59.9 Å². The summed E-state index contributed by atoms with van der Waals surface area (Å²) in [6.45, 7) is 4.42. The van der Waals surface area contributed by atoms with Crippen molar-refractivity contribution >= 4 is 23.4 Å². The number of rotatable bonds is 5. The monoisotopic (exact) mass is 411 g/mol. The molecule has 1 N–H and O–H groups in total. The summed E-state index contributed by atoms with van der Waals surface area (Å²) < 4.78 is 13.9. The number of anilines is 1. The molecule has 0 radical (unpaired) electrons. The topological polar surface area (TPSA) is 65.1 Å². The van der Waals surface area contributed by atoms with Gasteiger partial charge in [-0.05, 0) is 24.6 Å². The molecule has 0 bridgehead atoms. The Hall–Kier alpha value is -2.87. The van der Waals surface area contributed by atoms with Gasteiger partial charge in [0.1, 0.15) is 5.82 Å². The minimum atomic E-state index is -0.225. The highest BCUT2D eigenvalue weighted by molar-refractivity contribution is 7.99. The molecule has 0 unspecified atom stereocenters. The van der Waals surface area contributed by atoms with Crippen molar-refractivity contribution in [3.63, 3.8) is 0 Å². The zero-order valence-corrected chi connectivity index (χ0v) is 17.0. The second-order valence-corrected chi connectivity index (χ2v) is 7.83. The Bertz CT molecular complexity index is 1000. The molecule has 0 spiro atoms. The highest BCUT2D eigenvalue weighted by Crippen LogP contribution is 2.23. The summed E-state index contributed by atoms with van der Waals surface area (Å²) in [5.74, 6) is 0.809. The van der Waals surface area contributed by atoms with Crippen LogP contribution in [0, 0.1) is 12.7 Å². The highest BCUT2D eigenvalue weighted by atomic mass is 32.2. The number of aromatic amines is 1. The second kappa shape index (κ2) is 8.65. The molecule has 1 saturated heterocycles. The average Bonchev–Trinajstić information content (AvgIpc) is 3.22. The van der Waals surface area contributed by atoms with E-state index in [9.17, 15) is 9.18 Å². The summed E-state index contributed by atoms with van der Waals surface area (Å²) >= 11 is 1.32. The highest BCUT2D eigenvalue weighted by Gasteiger charge is 2.23. The summed E-state index contributed by atoms with van der Waals surface area (Å²) in [4.78, 5) is 20.9. The number of nitrogens with zero attached hydrogens (tertiary/aromatic N) is 4. The van der Waals surface area contributed by atoms with E-state index in [1.54, 1.807) is 12.1 Å². The summed E-state index contributed by atoms with van der Waals surface area (Å²) in [7, 11) is 0. The largest absolute Gasteiger partial charge is 0.366 e. The number of halogens is 1. The van der Waals surface area contributed by atoms with Crippen molar-refractivity contribution in [2.45, 2.75) is 12.1 Å². The van der Waals surface area contributed by atoms with Crippen LogP contribution in [0.15, 0.2) is 53.7 Å². The van der Waals surface area contributed by atoms with Crippen LogP contribution in [0.1, 0.15) is 5.56 Å². The number of aromatic nitrogens is 3. The van der Waals surface area contributed by atoms with Gasteiger partial charge in [0.2, 0.25) is 11.1 Å². The zero-order valence-electron chi connectivity index (χ0n) is 16.1. The number of nitrogens with one attached hydrogen (secondary N) is 1. The first-order chi connectivity index (χ1) is 14.1. The van der Waals surface area contributed by atoms with Gasteiger partial charge in [0.05, 0.1) is 11.4 Å². The first-order valence-corrected chi connectivity index (χ1v) is 10.5. The van der Waals surface area contributed by atoms with Crippen molar-refractivity contribution in [3.8, 4) is 11.4 Å². The van der Waals surface area contributed by atoms with Gasteiger partial charge in [0, 0.05) is 31.7 Å². The number of amides is 1. The molecule has 8 heteroatoms. The zero-order chi connectivity index (χ0) is 20.2. The van der Waals surface area contributed by atoms with Crippen LogP contribution in [-0.4, -0.2) is 57.9 Å². The summed E-state index contributed by atoms with van der Waals surface area (Å²) in [6, 6.07) is 14.7. The van der Waals surface area contributed by atoms with E-state index in [0.717, 1.165) is 11.1 Å². The van der Waals surface area contributed by atoms with Crippen LogP contribution in [-0.2, 0) is 4.79 Å². The van der Waals surface area contributed by atoms with Crippen LogP contribution < -0.4 is 4.90 Å². The lowest BCUT2D eigenvalue weighted by atomic mass is 10.1. The lowest BCUT2D eigenvalue weighted by Gasteiger charge is -2.36. The first-order valence-electron chi connectivity index (χ1n) is 9.50. The molecular formula is C21H22FN5OS. The molecule has 1 aliphatic rings. The van der Waals surface area contributed by atoms with Crippen LogP contribution in [0.3, 0.4) is 0 Å². The minimum Gasteiger partial charge on any atom is -0.366 e. The van der Waals surface area contributed by atoms with Crippen molar-refractivity contribution in [1.82, 2.24) is 20.1 Å². The molecule has 1 aromatic heterocycles. The van der Waals surface area contributed by atoms with Gasteiger partial charge >= 0.3 is 0 Å². The van der Waals surface area contributed by atoms with Gasteiger partial charge in [-0.3, -0.25) is 9.89 Å². The van der Waals surface area contributed by atoms with E-state index in [1.807, 2.05) is 47.1 Å². The molecule has 150 valence electrons. The second-order valence-electron chi connectivity index (χ2n) is 6.89. The molecule has 0 atom stereocenters. The van der Waals surface area contributed by atoms with E-state index >= 15 is 0 Å². The lowest BCUT2D eigenvalue weighted by Crippen LogP contribution is -2.49. The quantitative estimate of drug-likeness (QED) is 0.652. The molecule has 6 nitrogen and oxygen atoms in total. The van der Waals surface area contributed by atoms with Crippen molar-refractivity contribution < 1.29 is 9.18 Å². The normalized spacial score (nSPS) is 14.3. The number of aryl methyl sites for hydroxylation is 1. The molecule has 0 saturated carbocycles. The molecule has 1 aliphatic heterocycles. The number of carbonyl (C=O) groups excluding carboxylic acids is 1. The fraction of sp³-hybridized carbons (Fsp3) is 0.286. The minimum absolute atomic E-state index is 0.0467. The Kier molecular flexibility index (Phi) is 5.80. The number of carbonyl (C=O) groups is 1. The molecule has 4 rings (SSSR count). The first kappa shape index (κ1) is 19.4. The van der Waals surface area contributed by atoms with E-state index in [4.69, 9.17) is 0 Å². The van der Waals surface area contributed by atoms with Gasteiger partial charge in [-0.25, -0.2) is 9.37 Å². The fourth-order valence-electron chi connectivity index (χ4n) is 3.39. The maximum Gasteiger partial charge on any atom is 0.233 e. The summed E-state index contributed by atoms with van der Waals surface area (Å²) in [5.41, 5.74) is 2.71. The molecule has 0 aliphatic carbocycles. The van der Waals surface area contributed by atoms with E-state index in [-0.39, 0.29) is 17.5 Å². The van der Waals surface area contributed by atoms with E-state index < -0.39 is 0 Å². The molecule has 29 heavy (non-hydrogen) atoms. The maximum atomic E-state index is 13.9. The Labute approximate surface area is 173 Å².